The molecule has 0 N–H and O–H groups in total. The standard InChI is InChI=1S/C25H34N2O3S/c1-20-5-3-16-26(20)18-15-21-7-9-22(10-8-21)23-11-13-25(14-12-23)31(28,29)27-17-4-6-24(27)19-30-2/h7-14,20,24H,3-6,15-19H2,1-2H3. The third-order valence-corrected chi connectivity index (χ3v) is 8.77. The Morgan fingerprint density at radius 2 is 1.58 bits per heavy atom. The van der Waals surface area contributed by atoms with E-state index in [1.54, 1.807) is 23.5 Å². The highest BCUT2D eigenvalue weighted by atomic mass is 32.2. The fraction of sp³-hybridized carbons (Fsp3) is 0.520. The Labute approximate surface area is 187 Å². The van der Waals surface area contributed by atoms with Crippen LogP contribution < -0.4 is 0 Å². The number of nitrogens with zero attached hydrogens (tertiary/aromatic N) is 2. The number of sulfonamides is 1. The second kappa shape index (κ2) is 9.82. The first-order valence-electron chi connectivity index (χ1n) is 11.4. The van der Waals surface area contributed by atoms with Crippen LogP contribution >= 0.6 is 0 Å². The van der Waals surface area contributed by atoms with Crippen LogP contribution in [0.2, 0.25) is 0 Å². The van der Waals surface area contributed by atoms with Gasteiger partial charge in [-0.2, -0.15) is 4.31 Å². The minimum atomic E-state index is -3.49. The maximum absolute atomic E-state index is 13.1. The van der Waals surface area contributed by atoms with Gasteiger partial charge in [-0.25, -0.2) is 8.42 Å². The number of likely N-dealkylation sites (tertiary alicyclic amines) is 1. The number of benzene rings is 2. The first kappa shape index (κ1) is 22.5. The number of hydrogen-bond acceptors (Lipinski definition) is 4. The summed E-state index contributed by atoms with van der Waals surface area (Å²) in [4.78, 5) is 2.93. The molecule has 168 valence electrons. The number of ether oxygens (including phenoxy) is 1. The molecule has 2 heterocycles. The zero-order valence-electron chi connectivity index (χ0n) is 18.7. The predicted molar refractivity (Wildman–Crippen MR) is 125 cm³/mol. The summed E-state index contributed by atoms with van der Waals surface area (Å²) in [6.07, 6.45) is 5.44. The van der Waals surface area contributed by atoms with Gasteiger partial charge in [-0.1, -0.05) is 36.4 Å². The number of methoxy groups -OCH3 is 1. The molecule has 0 spiro atoms. The van der Waals surface area contributed by atoms with E-state index in [-0.39, 0.29) is 6.04 Å². The van der Waals surface area contributed by atoms with E-state index in [1.807, 2.05) is 12.1 Å². The zero-order valence-corrected chi connectivity index (χ0v) is 19.5. The molecule has 5 nitrogen and oxygen atoms in total. The van der Waals surface area contributed by atoms with E-state index >= 15 is 0 Å². The normalized spacial score (nSPS) is 22.9. The summed E-state index contributed by atoms with van der Waals surface area (Å²) in [6.45, 7) is 5.67. The lowest BCUT2D eigenvalue weighted by Gasteiger charge is -2.23. The van der Waals surface area contributed by atoms with Gasteiger partial charge in [0.15, 0.2) is 0 Å². The Bertz CT molecular complexity index is 957. The van der Waals surface area contributed by atoms with Crippen LogP contribution in [0.3, 0.4) is 0 Å². The van der Waals surface area contributed by atoms with Crippen molar-refractivity contribution >= 4 is 10.0 Å². The lowest BCUT2D eigenvalue weighted by Crippen LogP contribution is -2.38. The average Bonchev–Trinajstić information content (AvgIpc) is 3.42. The molecule has 6 heteroatoms. The van der Waals surface area contributed by atoms with E-state index in [9.17, 15) is 8.42 Å². The molecule has 0 radical (unpaired) electrons. The molecule has 2 aromatic carbocycles. The molecule has 2 aliphatic rings. The third-order valence-electron chi connectivity index (χ3n) is 6.81. The Morgan fingerprint density at radius 1 is 0.935 bits per heavy atom. The van der Waals surface area contributed by atoms with Crippen molar-refractivity contribution in [2.24, 2.45) is 0 Å². The van der Waals surface area contributed by atoms with Crippen molar-refractivity contribution in [3.8, 4) is 11.1 Å². The molecule has 4 rings (SSSR count). The van der Waals surface area contributed by atoms with Gasteiger partial charge in [-0.15, -0.1) is 0 Å². The van der Waals surface area contributed by atoms with Gasteiger partial charge in [-0.3, -0.25) is 0 Å². The van der Waals surface area contributed by atoms with Crippen molar-refractivity contribution in [2.75, 3.05) is 33.4 Å². The van der Waals surface area contributed by atoms with Gasteiger partial charge in [0.05, 0.1) is 11.5 Å². The van der Waals surface area contributed by atoms with Crippen LogP contribution in [0.25, 0.3) is 11.1 Å². The molecular weight excluding hydrogens is 408 g/mol. The minimum absolute atomic E-state index is 0.0641. The van der Waals surface area contributed by atoms with Crippen molar-refractivity contribution in [1.82, 2.24) is 9.21 Å². The summed E-state index contributed by atoms with van der Waals surface area (Å²) in [6, 6.07) is 16.6. The molecule has 0 saturated carbocycles. The molecule has 2 atom stereocenters. The Balaban J connectivity index is 1.42. The van der Waals surface area contributed by atoms with Crippen molar-refractivity contribution in [2.45, 2.75) is 56.0 Å². The molecule has 0 aromatic heterocycles. The first-order chi connectivity index (χ1) is 15.0. The Hall–Kier alpha value is -1.73. The maximum Gasteiger partial charge on any atom is 0.243 e. The minimum Gasteiger partial charge on any atom is -0.383 e. The predicted octanol–water partition coefficient (Wildman–Crippen LogP) is 4.18. The van der Waals surface area contributed by atoms with Gasteiger partial charge in [0.25, 0.3) is 0 Å². The van der Waals surface area contributed by atoms with Gasteiger partial charge in [0.2, 0.25) is 10.0 Å². The van der Waals surface area contributed by atoms with Crippen molar-refractivity contribution in [3.63, 3.8) is 0 Å². The SMILES string of the molecule is COCC1CCCN1S(=O)(=O)c1ccc(-c2ccc(CCN3CCCC3C)cc2)cc1. The van der Waals surface area contributed by atoms with E-state index in [4.69, 9.17) is 4.74 Å². The summed E-state index contributed by atoms with van der Waals surface area (Å²) >= 11 is 0. The summed E-state index contributed by atoms with van der Waals surface area (Å²) in [5.41, 5.74) is 3.49. The Morgan fingerprint density at radius 3 is 2.19 bits per heavy atom. The van der Waals surface area contributed by atoms with Gasteiger partial charge in [0.1, 0.15) is 0 Å². The average molecular weight is 443 g/mol. The molecule has 0 bridgehead atoms. The number of rotatable bonds is 8. The molecule has 0 amide bonds. The lowest BCUT2D eigenvalue weighted by molar-refractivity contribution is 0.149. The molecule has 31 heavy (non-hydrogen) atoms. The van der Waals surface area contributed by atoms with Crippen molar-refractivity contribution < 1.29 is 13.2 Å². The Kier molecular flexibility index (Phi) is 7.12. The van der Waals surface area contributed by atoms with Crippen LogP contribution in [-0.4, -0.2) is 63.1 Å². The second-order valence-corrected chi connectivity index (χ2v) is 10.8. The summed E-state index contributed by atoms with van der Waals surface area (Å²) in [7, 11) is -1.87. The molecule has 2 aromatic rings. The highest BCUT2D eigenvalue weighted by molar-refractivity contribution is 7.89. The van der Waals surface area contributed by atoms with E-state index in [0.717, 1.165) is 36.9 Å². The van der Waals surface area contributed by atoms with Crippen LogP contribution in [-0.2, 0) is 21.2 Å². The molecule has 2 fully saturated rings. The van der Waals surface area contributed by atoms with Crippen LogP contribution in [0.15, 0.2) is 53.4 Å². The second-order valence-electron chi connectivity index (χ2n) is 8.87. The molecule has 0 aliphatic carbocycles. The molecule has 2 aliphatic heterocycles. The van der Waals surface area contributed by atoms with Crippen molar-refractivity contribution in [1.29, 1.82) is 0 Å². The van der Waals surface area contributed by atoms with Gasteiger partial charge in [-0.05, 0) is 74.4 Å². The highest BCUT2D eigenvalue weighted by Gasteiger charge is 2.35. The third kappa shape index (κ3) is 5.03. The van der Waals surface area contributed by atoms with Crippen LogP contribution in [0, 0.1) is 0 Å². The van der Waals surface area contributed by atoms with E-state index in [2.05, 4.69) is 36.1 Å². The lowest BCUT2D eigenvalue weighted by atomic mass is 10.0. The van der Waals surface area contributed by atoms with Gasteiger partial charge in [0, 0.05) is 32.3 Å². The fourth-order valence-electron chi connectivity index (χ4n) is 4.90. The quantitative estimate of drug-likeness (QED) is 0.615. The molecule has 2 unspecified atom stereocenters. The fourth-order valence-corrected chi connectivity index (χ4v) is 6.58. The molecule has 2 saturated heterocycles. The van der Waals surface area contributed by atoms with Crippen LogP contribution in [0.1, 0.15) is 38.2 Å². The van der Waals surface area contributed by atoms with E-state index in [0.29, 0.717) is 24.1 Å². The monoisotopic (exact) mass is 442 g/mol. The highest BCUT2D eigenvalue weighted by Crippen LogP contribution is 2.28. The van der Waals surface area contributed by atoms with Crippen LogP contribution in [0.5, 0.6) is 0 Å². The first-order valence-corrected chi connectivity index (χ1v) is 12.9. The van der Waals surface area contributed by atoms with Gasteiger partial charge >= 0.3 is 0 Å². The van der Waals surface area contributed by atoms with Crippen LogP contribution in [0.4, 0.5) is 0 Å². The van der Waals surface area contributed by atoms with Gasteiger partial charge < -0.3 is 9.64 Å². The largest absolute Gasteiger partial charge is 0.383 e. The van der Waals surface area contributed by atoms with E-state index < -0.39 is 10.0 Å². The summed E-state index contributed by atoms with van der Waals surface area (Å²) in [5, 5.41) is 0. The molecular formula is C25H34N2O3S. The number of hydrogen-bond donors (Lipinski definition) is 0. The summed E-state index contributed by atoms with van der Waals surface area (Å²) < 4.78 is 33.0. The zero-order chi connectivity index (χ0) is 21.8. The smallest absolute Gasteiger partial charge is 0.243 e. The van der Waals surface area contributed by atoms with E-state index in [1.165, 1.54) is 24.9 Å². The maximum atomic E-state index is 13.1. The summed E-state index contributed by atoms with van der Waals surface area (Å²) in [5.74, 6) is 0. The van der Waals surface area contributed by atoms with Crippen molar-refractivity contribution in [3.05, 3.63) is 54.1 Å². The topological polar surface area (TPSA) is 49.9 Å².